The van der Waals surface area contributed by atoms with Crippen LogP contribution in [0.2, 0.25) is 0 Å². The zero-order chi connectivity index (χ0) is 28.3. The Bertz CT molecular complexity index is 763. The number of nitrogens with two attached hydrogens (primary N) is 1. The van der Waals surface area contributed by atoms with E-state index in [1.165, 1.54) is 44.9 Å². The Balaban J connectivity index is 1.45. The first kappa shape index (κ1) is 31.7. The van der Waals surface area contributed by atoms with E-state index in [2.05, 4.69) is 45.3 Å². The normalized spacial score (nSPS) is 42.7. The Kier molecular flexibility index (Phi) is 10.9. The molecule has 228 valence electrons. The molecule has 0 heterocycles. The predicted molar refractivity (Wildman–Crippen MR) is 163 cm³/mol. The maximum Gasteiger partial charge on any atom is 0.0880 e. The molecule has 0 radical (unpaired) electrons. The molecule has 10 atom stereocenters. The number of aliphatic hydroxyl groups excluding tert-OH is 1. The Morgan fingerprint density at radius 2 is 1.64 bits per heavy atom. The fraction of sp³-hybridized carbons (Fsp3) is 1.00. The molecule has 4 saturated carbocycles. The fourth-order valence-electron chi connectivity index (χ4n) is 10.6. The first-order chi connectivity index (χ1) is 18.6. The number of rotatable bonds is 14. The minimum absolute atomic E-state index is 0.0841. The topological polar surface area (TPSA) is 90.5 Å². The summed E-state index contributed by atoms with van der Waals surface area (Å²) in [6, 6.07) is 0.0841. The van der Waals surface area contributed by atoms with Gasteiger partial charge >= 0.3 is 0 Å². The van der Waals surface area contributed by atoms with E-state index in [1.807, 2.05) is 0 Å². The van der Waals surface area contributed by atoms with Gasteiger partial charge in [-0.05, 0) is 131 Å². The molecule has 0 bridgehead atoms. The van der Waals surface area contributed by atoms with Gasteiger partial charge in [-0.25, -0.2) is 0 Å². The molecular weight excluding hydrogens is 482 g/mol. The molecule has 5 nitrogen and oxygen atoms in total. The number of fused-ring (bicyclic) bond motifs is 5. The van der Waals surface area contributed by atoms with Crippen molar-refractivity contribution < 1.29 is 10.2 Å². The maximum atomic E-state index is 12.5. The predicted octanol–water partition coefficient (Wildman–Crippen LogP) is 5.87. The van der Waals surface area contributed by atoms with Gasteiger partial charge in [0.25, 0.3) is 0 Å². The van der Waals surface area contributed by atoms with Crippen LogP contribution in [-0.4, -0.2) is 54.1 Å². The SMILES string of the molecule is CC(C)CCC[C@@H](C)[C@H]1CC[C@H]2[C@@H]3C[C@@H](NCCCNCCCCN)[C@@]4(O)CC(O)CC[C@]4(C)[C@H]3CC[C@]12C. The van der Waals surface area contributed by atoms with Crippen molar-refractivity contribution in [2.45, 2.75) is 142 Å². The van der Waals surface area contributed by atoms with Crippen LogP contribution in [0.1, 0.15) is 125 Å². The van der Waals surface area contributed by atoms with Crippen LogP contribution in [0.25, 0.3) is 0 Å². The van der Waals surface area contributed by atoms with E-state index in [4.69, 9.17) is 5.73 Å². The van der Waals surface area contributed by atoms with Crippen LogP contribution in [0, 0.1) is 46.3 Å². The maximum absolute atomic E-state index is 12.5. The monoisotopic (exact) mass is 548 g/mol. The molecule has 4 aliphatic rings. The summed E-state index contributed by atoms with van der Waals surface area (Å²) in [5.74, 6) is 4.56. The van der Waals surface area contributed by atoms with Gasteiger partial charge in [-0.15, -0.1) is 0 Å². The van der Waals surface area contributed by atoms with Gasteiger partial charge in [0.1, 0.15) is 0 Å². The van der Waals surface area contributed by atoms with Crippen LogP contribution in [0.5, 0.6) is 0 Å². The van der Waals surface area contributed by atoms with Crippen LogP contribution in [-0.2, 0) is 0 Å². The molecule has 4 fully saturated rings. The molecule has 39 heavy (non-hydrogen) atoms. The van der Waals surface area contributed by atoms with Crippen molar-refractivity contribution in [2.24, 2.45) is 52.1 Å². The van der Waals surface area contributed by atoms with Crippen molar-refractivity contribution >= 4 is 0 Å². The highest BCUT2D eigenvalue weighted by Crippen LogP contribution is 2.69. The number of aliphatic hydroxyl groups is 2. The molecule has 0 amide bonds. The molecular formula is C34H65N3O2. The van der Waals surface area contributed by atoms with Crippen LogP contribution in [0.4, 0.5) is 0 Å². The lowest BCUT2D eigenvalue weighted by molar-refractivity contribution is -0.234. The van der Waals surface area contributed by atoms with E-state index in [0.717, 1.165) is 88.4 Å². The summed E-state index contributed by atoms with van der Waals surface area (Å²) in [4.78, 5) is 0. The number of nitrogens with one attached hydrogen (secondary N) is 2. The largest absolute Gasteiger partial charge is 0.393 e. The van der Waals surface area contributed by atoms with Crippen molar-refractivity contribution in [3.63, 3.8) is 0 Å². The van der Waals surface area contributed by atoms with Gasteiger partial charge < -0.3 is 26.6 Å². The molecule has 0 aliphatic heterocycles. The van der Waals surface area contributed by atoms with Crippen LogP contribution >= 0.6 is 0 Å². The van der Waals surface area contributed by atoms with Crippen molar-refractivity contribution in [2.75, 3.05) is 26.2 Å². The molecule has 0 spiro atoms. The van der Waals surface area contributed by atoms with Crippen molar-refractivity contribution in [1.29, 1.82) is 0 Å². The number of hydrogen-bond donors (Lipinski definition) is 5. The van der Waals surface area contributed by atoms with Gasteiger partial charge in [0.15, 0.2) is 0 Å². The minimum Gasteiger partial charge on any atom is -0.393 e. The smallest absolute Gasteiger partial charge is 0.0880 e. The Hall–Kier alpha value is -0.200. The third-order valence-electron chi connectivity index (χ3n) is 12.8. The van der Waals surface area contributed by atoms with Crippen molar-refractivity contribution in [1.82, 2.24) is 10.6 Å². The molecule has 0 aromatic carbocycles. The molecule has 6 N–H and O–H groups in total. The molecule has 0 aromatic rings. The van der Waals surface area contributed by atoms with Gasteiger partial charge in [0.2, 0.25) is 0 Å². The second-order valence-electron chi connectivity index (χ2n) is 15.5. The average Bonchev–Trinajstić information content (AvgIpc) is 3.24. The van der Waals surface area contributed by atoms with E-state index in [-0.39, 0.29) is 17.6 Å². The summed E-state index contributed by atoms with van der Waals surface area (Å²) in [6.45, 7) is 16.1. The van der Waals surface area contributed by atoms with E-state index >= 15 is 0 Å². The first-order valence-electron chi connectivity index (χ1n) is 17.1. The molecule has 0 saturated heterocycles. The Morgan fingerprint density at radius 1 is 0.872 bits per heavy atom. The lowest BCUT2D eigenvalue weighted by Crippen LogP contribution is -2.71. The highest BCUT2D eigenvalue weighted by Gasteiger charge is 2.67. The van der Waals surface area contributed by atoms with Gasteiger partial charge in [-0.2, -0.15) is 0 Å². The van der Waals surface area contributed by atoms with Gasteiger partial charge in [0, 0.05) is 17.9 Å². The van der Waals surface area contributed by atoms with Crippen molar-refractivity contribution in [3.05, 3.63) is 0 Å². The van der Waals surface area contributed by atoms with E-state index in [9.17, 15) is 10.2 Å². The molecule has 1 unspecified atom stereocenters. The number of unbranched alkanes of at least 4 members (excludes halogenated alkanes) is 1. The van der Waals surface area contributed by atoms with E-state index < -0.39 is 5.60 Å². The molecule has 4 rings (SSSR count). The van der Waals surface area contributed by atoms with Gasteiger partial charge in [-0.3, -0.25) is 0 Å². The fourth-order valence-corrected chi connectivity index (χ4v) is 10.6. The highest BCUT2D eigenvalue weighted by molar-refractivity contribution is 5.18. The Labute approximate surface area is 241 Å². The first-order valence-corrected chi connectivity index (χ1v) is 17.1. The molecule has 0 aromatic heterocycles. The van der Waals surface area contributed by atoms with Crippen molar-refractivity contribution in [3.8, 4) is 0 Å². The summed E-state index contributed by atoms with van der Waals surface area (Å²) in [6.07, 6.45) is 15.9. The zero-order valence-corrected chi connectivity index (χ0v) is 26.3. The lowest BCUT2D eigenvalue weighted by Gasteiger charge is -2.66. The summed E-state index contributed by atoms with van der Waals surface area (Å²) in [7, 11) is 0. The highest BCUT2D eigenvalue weighted by atomic mass is 16.3. The minimum atomic E-state index is -0.809. The standard InChI is InChI=1S/C34H65N3O2/c1-24(2)10-8-11-25(3)28-12-13-29-27-22-31(37-21-9-20-36-19-7-6-18-35)34(39)23-26(38)14-17-33(34,5)30(27)15-16-32(28,29)4/h24-31,36-39H,6-23,35H2,1-5H3/t25-,26?,27+,28-,29+,30+,31-,32-,33-,34+/m1/s1. The number of hydrogen-bond acceptors (Lipinski definition) is 5. The second-order valence-corrected chi connectivity index (χ2v) is 15.5. The molecule has 4 aliphatic carbocycles. The quantitative estimate of drug-likeness (QED) is 0.176. The van der Waals surface area contributed by atoms with Gasteiger partial charge in [0.05, 0.1) is 11.7 Å². The van der Waals surface area contributed by atoms with E-state index in [0.29, 0.717) is 23.7 Å². The lowest BCUT2D eigenvalue weighted by atomic mass is 9.42. The second kappa shape index (κ2) is 13.4. The summed E-state index contributed by atoms with van der Waals surface area (Å²) in [5, 5.41) is 30.6. The third-order valence-corrected chi connectivity index (χ3v) is 12.8. The average molecular weight is 548 g/mol. The summed E-state index contributed by atoms with van der Waals surface area (Å²) >= 11 is 0. The Morgan fingerprint density at radius 3 is 2.38 bits per heavy atom. The van der Waals surface area contributed by atoms with E-state index in [1.54, 1.807) is 0 Å². The summed E-state index contributed by atoms with van der Waals surface area (Å²) < 4.78 is 0. The van der Waals surface area contributed by atoms with Crippen LogP contribution < -0.4 is 16.4 Å². The van der Waals surface area contributed by atoms with Crippen LogP contribution in [0.3, 0.4) is 0 Å². The molecule has 5 heteroatoms. The van der Waals surface area contributed by atoms with Crippen LogP contribution in [0.15, 0.2) is 0 Å². The third kappa shape index (κ3) is 6.43. The van der Waals surface area contributed by atoms with Gasteiger partial charge in [-0.1, -0.05) is 53.9 Å². The summed E-state index contributed by atoms with van der Waals surface area (Å²) in [5.41, 5.74) is 5.16. The zero-order valence-electron chi connectivity index (χ0n) is 26.3.